The number of carbonyl (C=O) groups is 2. The number of methoxy groups -OCH3 is 2. The van der Waals surface area contributed by atoms with Crippen molar-refractivity contribution in [3.63, 3.8) is 0 Å². The van der Waals surface area contributed by atoms with Gasteiger partial charge >= 0.3 is 0 Å². The molecule has 2 heterocycles. The van der Waals surface area contributed by atoms with Crippen LogP contribution in [-0.2, 0) is 4.79 Å². The Bertz CT molecular complexity index is 806. The van der Waals surface area contributed by atoms with E-state index >= 15 is 0 Å². The highest BCUT2D eigenvalue weighted by Crippen LogP contribution is 2.30. The van der Waals surface area contributed by atoms with Gasteiger partial charge < -0.3 is 19.7 Å². The molecule has 1 fully saturated rings. The number of benzene rings is 1. The van der Waals surface area contributed by atoms with Gasteiger partial charge in [0.2, 0.25) is 5.91 Å². The Kier molecular flexibility index (Phi) is 6.01. The van der Waals surface area contributed by atoms with Crippen molar-refractivity contribution in [2.24, 2.45) is 0 Å². The average molecular weight is 388 g/mol. The highest BCUT2D eigenvalue weighted by atomic mass is 32.1. The number of hydrogen-bond donors (Lipinski definition) is 1. The van der Waals surface area contributed by atoms with Gasteiger partial charge in [0, 0.05) is 12.1 Å². The third-order valence-electron chi connectivity index (χ3n) is 4.81. The van der Waals surface area contributed by atoms with Crippen molar-refractivity contribution in [1.82, 2.24) is 10.2 Å². The molecule has 1 unspecified atom stereocenters. The zero-order valence-corrected chi connectivity index (χ0v) is 16.5. The quantitative estimate of drug-likeness (QED) is 0.825. The summed E-state index contributed by atoms with van der Waals surface area (Å²) in [7, 11) is 3.19. The van der Waals surface area contributed by atoms with Gasteiger partial charge in [-0.15, -0.1) is 11.3 Å². The Morgan fingerprint density at radius 3 is 2.74 bits per heavy atom. The SMILES string of the molecule is COc1ccc(OC)c(C(C)NC(=O)[C@@H]2CCCN2C(=O)c2cccs2)c1. The van der Waals surface area contributed by atoms with E-state index in [1.807, 2.05) is 36.6 Å². The molecule has 2 amide bonds. The van der Waals surface area contributed by atoms with Gasteiger partial charge in [0.15, 0.2) is 0 Å². The van der Waals surface area contributed by atoms with Crippen LogP contribution < -0.4 is 14.8 Å². The number of carbonyl (C=O) groups excluding carboxylic acids is 2. The fourth-order valence-electron chi connectivity index (χ4n) is 3.39. The molecule has 1 aliphatic heterocycles. The summed E-state index contributed by atoms with van der Waals surface area (Å²) in [4.78, 5) is 27.9. The summed E-state index contributed by atoms with van der Waals surface area (Å²) in [5, 5.41) is 4.90. The van der Waals surface area contributed by atoms with E-state index in [2.05, 4.69) is 5.32 Å². The molecule has 2 aromatic rings. The second-order valence-electron chi connectivity index (χ2n) is 6.47. The third kappa shape index (κ3) is 4.08. The van der Waals surface area contributed by atoms with Crippen LogP contribution in [-0.4, -0.2) is 43.5 Å². The normalized spacial score (nSPS) is 17.4. The topological polar surface area (TPSA) is 67.9 Å². The first-order chi connectivity index (χ1) is 13.0. The van der Waals surface area contributed by atoms with Crippen LogP contribution in [0.15, 0.2) is 35.7 Å². The smallest absolute Gasteiger partial charge is 0.264 e. The van der Waals surface area contributed by atoms with Crippen LogP contribution in [0.3, 0.4) is 0 Å². The summed E-state index contributed by atoms with van der Waals surface area (Å²) >= 11 is 1.40. The van der Waals surface area contributed by atoms with Gasteiger partial charge in [-0.1, -0.05) is 6.07 Å². The van der Waals surface area contributed by atoms with Gasteiger partial charge in [-0.3, -0.25) is 9.59 Å². The highest BCUT2D eigenvalue weighted by molar-refractivity contribution is 7.12. The van der Waals surface area contributed by atoms with E-state index in [9.17, 15) is 9.59 Å². The van der Waals surface area contributed by atoms with Gasteiger partial charge in [0.25, 0.3) is 5.91 Å². The zero-order chi connectivity index (χ0) is 19.4. The minimum Gasteiger partial charge on any atom is -0.497 e. The van der Waals surface area contributed by atoms with E-state index in [4.69, 9.17) is 9.47 Å². The van der Waals surface area contributed by atoms with Crippen LogP contribution in [0.5, 0.6) is 11.5 Å². The molecule has 27 heavy (non-hydrogen) atoms. The van der Waals surface area contributed by atoms with Crippen LogP contribution >= 0.6 is 11.3 Å². The Labute approximate surface area is 163 Å². The van der Waals surface area contributed by atoms with Crippen LogP contribution in [0.25, 0.3) is 0 Å². The summed E-state index contributed by atoms with van der Waals surface area (Å²) in [6.45, 7) is 2.50. The van der Waals surface area contributed by atoms with Crippen LogP contribution in [0, 0.1) is 0 Å². The van der Waals surface area contributed by atoms with E-state index in [0.717, 1.165) is 12.0 Å². The molecule has 7 heteroatoms. The van der Waals surface area contributed by atoms with Crippen molar-refractivity contribution in [1.29, 1.82) is 0 Å². The predicted molar refractivity (Wildman–Crippen MR) is 104 cm³/mol. The number of hydrogen-bond acceptors (Lipinski definition) is 5. The zero-order valence-electron chi connectivity index (χ0n) is 15.7. The van der Waals surface area contributed by atoms with E-state index < -0.39 is 6.04 Å². The molecule has 6 nitrogen and oxygen atoms in total. The molecular formula is C20H24N2O4S. The van der Waals surface area contributed by atoms with Gasteiger partial charge in [-0.2, -0.15) is 0 Å². The van der Waals surface area contributed by atoms with Crippen LogP contribution in [0.1, 0.15) is 41.0 Å². The molecule has 144 valence electrons. The molecule has 1 aromatic heterocycles. The van der Waals surface area contributed by atoms with Crippen molar-refractivity contribution >= 4 is 23.2 Å². The van der Waals surface area contributed by atoms with Gasteiger partial charge in [0.05, 0.1) is 25.1 Å². The lowest BCUT2D eigenvalue weighted by Gasteiger charge is -2.26. The number of thiophene rings is 1. The Hall–Kier alpha value is -2.54. The Balaban J connectivity index is 1.73. The fraction of sp³-hybridized carbons (Fsp3) is 0.400. The monoisotopic (exact) mass is 388 g/mol. The van der Waals surface area contributed by atoms with Crippen molar-refractivity contribution < 1.29 is 19.1 Å². The summed E-state index contributed by atoms with van der Waals surface area (Å²) in [5.74, 6) is 1.16. The lowest BCUT2D eigenvalue weighted by Crippen LogP contribution is -2.46. The molecule has 1 saturated heterocycles. The summed E-state index contributed by atoms with van der Waals surface area (Å²) in [5.41, 5.74) is 0.833. The Morgan fingerprint density at radius 2 is 2.07 bits per heavy atom. The van der Waals surface area contributed by atoms with E-state index in [1.165, 1.54) is 11.3 Å². The molecule has 0 aliphatic carbocycles. The molecule has 1 aromatic carbocycles. The molecule has 0 bridgehead atoms. The number of nitrogens with one attached hydrogen (secondary N) is 1. The summed E-state index contributed by atoms with van der Waals surface area (Å²) in [6.07, 6.45) is 1.50. The van der Waals surface area contributed by atoms with Crippen molar-refractivity contribution in [2.45, 2.75) is 31.8 Å². The summed E-state index contributed by atoms with van der Waals surface area (Å²) in [6, 6.07) is 8.41. The van der Waals surface area contributed by atoms with Crippen LogP contribution in [0.2, 0.25) is 0 Å². The fourth-order valence-corrected chi connectivity index (χ4v) is 4.07. The maximum absolute atomic E-state index is 12.9. The molecule has 1 aliphatic rings. The maximum Gasteiger partial charge on any atom is 0.264 e. The highest BCUT2D eigenvalue weighted by Gasteiger charge is 2.35. The second kappa shape index (κ2) is 8.43. The number of ether oxygens (including phenoxy) is 2. The average Bonchev–Trinajstić information content (AvgIpc) is 3.38. The van der Waals surface area contributed by atoms with Crippen molar-refractivity contribution in [3.05, 3.63) is 46.2 Å². The minimum atomic E-state index is -0.446. The molecule has 0 radical (unpaired) electrons. The van der Waals surface area contributed by atoms with Gasteiger partial charge in [0.1, 0.15) is 17.5 Å². The first kappa shape index (κ1) is 19.2. The molecular weight excluding hydrogens is 364 g/mol. The number of likely N-dealkylation sites (tertiary alicyclic amines) is 1. The molecule has 0 saturated carbocycles. The second-order valence-corrected chi connectivity index (χ2v) is 7.42. The maximum atomic E-state index is 12.9. The Morgan fingerprint density at radius 1 is 1.26 bits per heavy atom. The first-order valence-corrected chi connectivity index (χ1v) is 9.80. The molecule has 3 rings (SSSR count). The first-order valence-electron chi connectivity index (χ1n) is 8.92. The van der Waals surface area contributed by atoms with Crippen LogP contribution in [0.4, 0.5) is 0 Å². The van der Waals surface area contributed by atoms with Crippen molar-refractivity contribution in [2.75, 3.05) is 20.8 Å². The van der Waals surface area contributed by atoms with Crippen molar-refractivity contribution in [3.8, 4) is 11.5 Å². The number of amides is 2. The van der Waals surface area contributed by atoms with E-state index in [-0.39, 0.29) is 17.9 Å². The number of nitrogens with zero attached hydrogens (tertiary/aromatic N) is 1. The third-order valence-corrected chi connectivity index (χ3v) is 5.67. The molecule has 1 N–H and O–H groups in total. The summed E-state index contributed by atoms with van der Waals surface area (Å²) < 4.78 is 10.7. The minimum absolute atomic E-state index is 0.0748. The van der Waals surface area contributed by atoms with Gasteiger partial charge in [-0.05, 0) is 49.4 Å². The number of rotatable bonds is 6. The lowest BCUT2D eigenvalue weighted by atomic mass is 10.1. The largest absolute Gasteiger partial charge is 0.497 e. The van der Waals surface area contributed by atoms with Gasteiger partial charge in [-0.25, -0.2) is 0 Å². The predicted octanol–water partition coefficient (Wildman–Crippen LogP) is 3.25. The molecule has 0 spiro atoms. The lowest BCUT2D eigenvalue weighted by molar-refractivity contribution is -0.125. The van der Waals surface area contributed by atoms with E-state index in [1.54, 1.807) is 25.2 Å². The van der Waals surface area contributed by atoms with E-state index in [0.29, 0.717) is 29.3 Å². The molecule has 2 atom stereocenters. The standard InChI is InChI=1S/C20H24N2O4S/c1-13(15-12-14(25-2)8-9-17(15)26-3)21-19(23)16-6-4-10-22(16)20(24)18-7-5-11-27-18/h5,7-9,11-13,16H,4,6,10H2,1-3H3,(H,21,23)/t13?,16-/m0/s1.